The monoisotopic (exact) mass is 227 g/mol. The highest BCUT2D eigenvalue weighted by Crippen LogP contribution is 2.09. The molecule has 84 valence electrons. The number of methoxy groups -OCH3 is 1. The van der Waals surface area contributed by atoms with Crippen LogP contribution in [0.25, 0.3) is 0 Å². The smallest absolute Gasteiger partial charge is 0.319 e. The van der Waals surface area contributed by atoms with Gasteiger partial charge >= 0.3 is 5.97 Å². The summed E-state index contributed by atoms with van der Waals surface area (Å²) >= 11 is 1.76. The van der Waals surface area contributed by atoms with Crippen LogP contribution in [0.3, 0.4) is 0 Å². The first-order chi connectivity index (χ1) is 7.26. The van der Waals surface area contributed by atoms with Crippen LogP contribution in [0.5, 0.6) is 0 Å². The summed E-state index contributed by atoms with van der Waals surface area (Å²) in [4.78, 5) is 14.5. The molecule has 0 bridgehead atoms. The van der Waals surface area contributed by atoms with Gasteiger partial charge in [0.25, 0.3) is 0 Å². The van der Waals surface area contributed by atoms with Crippen molar-refractivity contribution in [1.82, 2.24) is 4.90 Å². The van der Waals surface area contributed by atoms with Crippen LogP contribution >= 0.6 is 11.3 Å². The van der Waals surface area contributed by atoms with Crippen molar-refractivity contribution in [2.24, 2.45) is 0 Å². The highest BCUT2D eigenvalue weighted by atomic mass is 32.1. The molecule has 0 saturated carbocycles. The van der Waals surface area contributed by atoms with Crippen LogP contribution in [0.2, 0.25) is 0 Å². The molecule has 0 radical (unpaired) electrons. The molecule has 0 aliphatic heterocycles. The van der Waals surface area contributed by atoms with Crippen molar-refractivity contribution in [2.45, 2.75) is 13.3 Å². The largest absolute Gasteiger partial charge is 0.468 e. The molecule has 0 fully saturated rings. The number of hydrogen-bond donors (Lipinski definition) is 0. The maximum Gasteiger partial charge on any atom is 0.319 e. The molecule has 0 amide bonds. The van der Waals surface area contributed by atoms with E-state index in [1.54, 1.807) is 11.3 Å². The van der Waals surface area contributed by atoms with E-state index >= 15 is 0 Å². The summed E-state index contributed by atoms with van der Waals surface area (Å²) in [5, 5.41) is 2.08. The second-order valence-corrected chi connectivity index (χ2v) is 4.31. The van der Waals surface area contributed by atoms with Crippen LogP contribution in [0.1, 0.15) is 11.8 Å². The number of hydrogen-bond acceptors (Lipinski definition) is 4. The summed E-state index contributed by atoms with van der Waals surface area (Å²) < 4.78 is 4.64. The van der Waals surface area contributed by atoms with Gasteiger partial charge in [0.15, 0.2) is 0 Å². The van der Waals surface area contributed by atoms with E-state index in [0.29, 0.717) is 6.54 Å². The first-order valence-electron chi connectivity index (χ1n) is 5.07. The third-order valence-electron chi connectivity index (χ3n) is 2.28. The van der Waals surface area contributed by atoms with Gasteiger partial charge in [-0.25, -0.2) is 0 Å². The van der Waals surface area contributed by atoms with Crippen LogP contribution in [-0.2, 0) is 16.0 Å². The number of esters is 1. The topological polar surface area (TPSA) is 29.5 Å². The molecular formula is C11H17NO2S. The Bertz CT molecular complexity index is 285. The van der Waals surface area contributed by atoms with Crippen molar-refractivity contribution in [1.29, 1.82) is 0 Å². The van der Waals surface area contributed by atoms with Crippen LogP contribution in [0, 0.1) is 0 Å². The molecule has 0 aromatic carbocycles. The van der Waals surface area contributed by atoms with E-state index in [9.17, 15) is 4.79 Å². The van der Waals surface area contributed by atoms with E-state index in [1.807, 2.05) is 0 Å². The molecule has 1 aromatic heterocycles. The fourth-order valence-corrected chi connectivity index (χ4v) is 2.02. The fourth-order valence-electron chi connectivity index (χ4n) is 1.32. The van der Waals surface area contributed by atoms with Crippen LogP contribution < -0.4 is 0 Å². The van der Waals surface area contributed by atoms with Gasteiger partial charge in [0.05, 0.1) is 13.7 Å². The number of carbonyl (C=O) groups is 1. The predicted molar refractivity (Wildman–Crippen MR) is 62.2 cm³/mol. The first-order valence-corrected chi connectivity index (χ1v) is 5.95. The number of carbonyl (C=O) groups excluding carboxylic acids is 1. The van der Waals surface area contributed by atoms with Gasteiger partial charge < -0.3 is 4.74 Å². The highest BCUT2D eigenvalue weighted by Gasteiger charge is 2.08. The summed E-state index contributed by atoms with van der Waals surface area (Å²) in [6, 6.07) is 4.17. The van der Waals surface area contributed by atoms with Gasteiger partial charge in [0.2, 0.25) is 0 Å². The van der Waals surface area contributed by atoms with Crippen LogP contribution in [0.15, 0.2) is 17.5 Å². The minimum Gasteiger partial charge on any atom is -0.468 e. The molecule has 0 saturated heterocycles. The van der Waals surface area contributed by atoms with Crippen molar-refractivity contribution in [3.63, 3.8) is 0 Å². The Balaban J connectivity index is 2.31. The van der Waals surface area contributed by atoms with Crippen molar-refractivity contribution < 1.29 is 9.53 Å². The lowest BCUT2D eigenvalue weighted by Crippen LogP contribution is -2.32. The number of rotatable bonds is 6. The average Bonchev–Trinajstić information content (AvgIpc) is 2.76. The molecule has 1 aromatic rings. The Morgan fingerprint density at radius 2 is 2.40 bits per heavy atom. The van der Waals surface area contributed by atoms with Crippen molar-refractivity contribution in [2.75, 3.05) is 26.7 Å². The number of ether oxygens (including phenoxy) is 1. The Hall–Kier alpha value is -0.870. The quantitative estimate of drug-likeness (QED) is 0.694. The summed E-state index contributed by atoms with van der Waals surface area (Å²) in [7, 11) is 1.43. The zero-order valence-corrected chi connectivity index (χ0v) is 10.0. The van der Waals surface area contributed by atoms with E-state index in [-0.39, 0.29) is 5.97 Å². The maximum atomic E-state index is 11.1. The Kier molecular flexibility index (Phi) is 5.36. The third-order valence-corrected chi connectivity index (χ3v) is 3.22. The molecular weight excluding hydrogens is 210 g/mol. The fraction of sp³-hybridized carbons (Fsp3) is 0.545. The van der Waals surface area contributed by atoms with E-state index in [2.05, 4.69) is 34.1 Å². The highest BCUT2D eigenvalue weighted by molar-refractivity contribution is 7.09. The lowest BCUT2D eigenvalue weighted by Gasteiger charge is -2.18. The minimum atomic E-state index is -0.164. The predicted octanol–water partition coefficient (Wildman–Crippen LogP) is 1.79. The summed E-state index contributed by atoms with van der Waals surface area (Å²) in [5.41, 5.74) is 0. The van der Waals surface area contributed by atoms with Crippen molar-refractivity contribution in [3.8, 4) is 0 Å². The van der Waals surface area contributed by atoms with Crippen LogP contribution in [0.4, 0.5) is 0 Å². The molecule has 15 heavy (non-hydrogen) atoms. The molecule has 1 heterocycles. The molecule has 4 heteroatoms. The summed E-state index contributed by atoms with van der Waals surface area (Å²) in [5.74, 6) is -0.164. The molecule has 0 aliphatic rings. The molecule has 1 rings (SSSR count). The first kappa shape index (κ1) is 12.2. The Morgan fingerprint density at radius 1 is 1.60 bits per heavy atom. The van der Waals surface area contributed by atoms with Crippen LogP contribution in [-0.4, -0.2) is 37.6 Å². The van der Waals surface area contributed by atoms with Gasteiger partial charge in [-0.05, 0) is 24.4 Å². The third kappa shape index (κ3) is 4.44. The number of likely N-dealkylation sites (N-methyl/N-ethyl adjacent to an activating group) is 1. The van der Waals surface area contributed by atoms with Crippen molar-refractivity contribution >= 4 is 17.3 Å². The molecule has 0 spiro atoms. The Labute approximate surface area is 94.7 Å². The molecule has 0 aliphatic carbocycles. The SMILES string of the molecule is CCN(CCc1cccs1)CC(=O)OC. The maximum absolute atomic E-state index is 11.1. The molecule has 0 atom stereocenters. The second kappa shape index (κ2) is 6.58. The molecule has 0 unspecified atom stereocenters. The average molecular weight is 227 g/mol. The molecule has 0 N–H and O–H groups in total. The lowest BCUT2D eigenvalue weighted by molar-refractivity contribution is -0.141. The van der Waals surface area contributed by atoms with E-state index < -0.39 is 0 Å². The van der Waals surface area contributed by atoms with Gasteiger partial charge in [-0.2, -0.15) is 0 Å². The van der Waals surface area contributed by atoms with Gasteiger partial charge in [-0.3, -0.25) is 9.69 Å². The van der Waals surface area contributed by atoms with Gasteiger partial charge in [-0.15, -0.1) is 11.3 Å². The zero-order valence-electron chi connectivity index (χ0n) is 9.23. The Morgan fingerprint density at radius 3 is 2.93 bits per heavy atom. The van der Waals surface area contributed by atoms with E-state index in [4.69, 9.17) is 0 Å². The number of thiophene rings is 1. The van der Waals surface area contributed by atoms with Crippen molar-refractivity contribution in [3.05, 3.63) is 22.4 Å². The normalized spacial score (nSPS) is 10.6. The standard InChI is InChI=1S/C11H17NO2S/c1-3-12(9-11(13)14-2)7-6-10-5-4-8-15-10/h4-5,8H,3,6-7,9H2,1-2H3. The van der Waals surface area contributed by atoms with E-state index in [1.165, 1.54) is 12.0 Å². The van der Waals surface area contributed by atoms with Gasteiger partial charge in [0.1, 0.15) is 0 Å². The zero-order chi connectivity index (χ0) is 11.1. The lowest BCUT2D eigenvalue weighted by atomic mass is 10.3. The number of nitrogens with zero attached hydrogens (tertiary/aromatic N) is 1. The summed E-state index contributed by atoms with van der Waals surface area (Å²) in [6.07, 6.45) is 1.00. The second-order valence-electron chi connectivity index (χ2n) is 3.27. The minimum absolute atomic E-state index is 0.164. The van der Waals surface area contributed by atoms with E-state index in [0.717, 1.165) is 19.5 Å². The molecule has 3 nitrogen and oxygen atoms in total. The summed E-state index contributed by atoms with van der Waals surface area (Å²) in [6.45, 7) is 4.22. The van der Waals surface area contributed by atoms with Gasteiger partial charge in [-0.1, -0.05) is 13.0 Å². The van der Waals surface area contributed by atoms with Gasteiger partial charge in [0, 0.05) is 11.4 Å².